The Labute approximate surface area is 70.2 Å². The van der Waals surface area contributed by atoms with Crippen LogP contribution in [-0.4, -0.2) is 13.3 Å². The van der Waals surface area contributed by atoms with Crippen molar-refractivity contribution >= 4 is 6.21 Å². The molecule has 0 saturated carbocycles. The van der Waals surface area contributed by atoms with Gasteiger partial charge in [-0.25, -0.2) is 0 Å². The summed E-state index contributed by atoms with van der Waals surface area (Å²) in [6.07, 6.45) is 3.14. The molecule has 11 heavy (non-hydrogen) atoms. The van der Waals surface area contributed by atoms with Gasteiger partial charge in [0.05, 0.1) is 0 Å². The number of allylic oxidation sites excluding steroid dienone is 2. The van der Waals surface area contributed by atoms with Crippen molar-refractivity contribution < 1.29 is 0 Å². The average molecular weight is 153 g/mol. The molecule has 0 heterocycles. The fourth-order valence-electron chi connectivity index (χ4n) is 0.990. The summed E-state index contributed by atoms with van der Waals surface area (Å²) in [4.78, 5) is 3.99. The van der Waals surface area contributed by atoms with Crippen molar-refractivity contribution in [3.63, 3.8) is 0 Å². The van der Waals surface area contributed by atoms with Crippen LogP contribution in [0.3, 0.4) is 0 Å². The lowest BCUT2D eigenvalue weighted by Gasteiger charge is -2.10. The number of hydrogen-bond donors (Lipinski definition) is 0. The predicted molar refractivity (Wildman–Crippen MR) is 52.2 cm³/mol. The molecule has 0 amide bonds. The fraction of sp³-hybridized carbons (Fsp3) is 0.700. The number of nitrogens with zero attached hydrogens (tertiary/aromatic N) is 1. The maximum absolute atomic E-state index is 3.99. The number of hydrogen-bond acceptors (Lipinski definition) is 1. The van der Waals surface area contributed by atoms with E-state index in [9.17, 15) is 0 Å². The van der Waals surface area contributed by atoms with E-state index in [1.807, 2.05) is 13.3 Å². The van der Waals surface area contributed by atoms with Crippen LogP contribution in [0.5, 0.6) is 0 Å². The lowest BCUT2D eigenvalue weighted by Crippen LogP contribution is -1.97. The zero-order chi connectivity index (χ0) is 8.85. The molecule has 1 atom stereocenters. The molecule has 0 N–H and O–H groups in total. The Balaban J connectivity index is 4.38. The minimum absolute atomic E-state index is 0.688. The highest BCUT2D eigenvalue weighted by molar-refractivity contribution is 5.78. The molecule has 0 bridgehead atoms. The highest BCUT2D eigenvalue weighted by Crippen LogP contribution is 2.16. The van der Waals surface area contributed by atoms with Crippen LogP contribution >= 0.6 is 0 Å². The van der Waals surface area contributed by atoms with Crippen LogP contribution in [0.2, 0.25) is 0 Å². The van der Waals surface area contributed by atoms with Crippen molar-refractivity contribution in [2.45, 2.75) is 34.1 Å². The first-order valence-electron chi connectivity index (χ1n) is 4.23. The fourth-order valence-corrected chi connectivity index (χ4v) is 0.990. The molecular weight excluding hydrogens is 134 g/mol. The first-order valence-corrected chi connectivity index (χ1v) is 4.23. The second-order valence-electron chi connectivity index (χ2n) is 3.06. The molecule has 0 rings (SSSR count). The third kappa shape index (κ3) is 3.35. The second-order valence-corrected chi connectivity index (χ2v) is 3.06. The van der Waals surface area contributed by atoms with Gasteiger partial charge in [0.15, 0.2) is 0 Å². The molecule has 0 aliphatic carbocycles. The maximum Gasteiger partial charge on any atom is 0.0277 e. The summed E-state index contributed by atoms with van der Waals surface area (Å²) in [5.74, 6) is 0.688. The van der Waals surface area contributed by atoms with E-state index in [1.54, 1.807) is 0 Å². The average Bonchev–Trinajstić information content (AvgIpc) is 2.02. The summed E-state index contributed by atoms with van der Waals surface area (Å²) in [7, 11) is 1.81. The third-order valence-corrected chi connectivity index (χ3v) is 2.30. The van der Waals surface area contributed by atoms with E-state index in [-0.39, 0.29) is 0 Å². The highest BCUT2D eigenvalue weighted by Gasteiger charge is 2.02. The smallest absolute Gasteiger partial charge is 0.0277 e. The van der Waals surface area contributed by atoms with Crippen LogP contribution in [0, 0.1) is 5.92 Å². The molecule has 0 aromatic carbocycles. The van der Waals surface area contributed by atoms with E-state index < -0.39 is 0 Å². The monoisotopic (exact) mass is 153 g/mol. The van der Waals surface area contributed by atoms with E-state index >= 15 is 0 Å². The SMILES string of the molecule is CCC(C)/C(C)=C(C)\C=N/C. The molecule has 1 unspecified atom stereocenters. The van der Waals surface area contributed by atoms with Crippen molar-refractivity contribution in [3.05, 3.63) is 11.1 Å². The first kappa shape index (κ1) is 10.4. The number of rotatable bonds is 3. The summed E-state index contributed by atoms with van der Waals surface area (Å²) in [6, 6.07) is 0. The Bertz CT molecular complexity index is 166. The Hall–Kier alpha value is -0.590. The molecule has 64 valence electrons. The van der Waals surface area contributed by atoms with Crippen LogP contribution in [0.4, 0.5) is 0 Å². The van der Waals surface area contributed by atoms with E-state index in [2.05, 4.69) is 32.7 Å². The lowest BCUT2D eigenvalue weighted by atomic mass is 9.96. The van der Waals surface area contributed by atoms with E-state index in [4.69, 9.17) is 0 Å². The van der Waals surface area contributed by atoms with Gasteiger partial charge < -0.3 is 0 Å². The zero-order valence-electron chi connectivity index (χ0n) is 8.31. The van der Waals surface area contributed by atoms with E-state index in [0.29, 0.717) is 5.92 Å². The Morgan fingerprint density at radius 1 is 1.45 bits per heavy atom. The molecule has 0 aromatic heterocycles. The zero-order valence-corrected chi connectivity index (χ0v) is 8.31. The molecular formula is C10H19N. The van der Waals surface area contributed by atoms with Crippen LogP contribution in [0.1, 0.15) is 34.1 Å². The molecule has 0 aliphatic heterocycles. The summed E-state index contributed by atoms with van der Waals surface area (Å²) in [6.45, 7) is 8.77. The predicted octanol–water partition coefficient (Wildman–Crippen LogP) is 3.07. The summed E-state index contributed by atoms with van der Waals surface area (Å²) >= 11 is 0. The van der Waals surface area contributed by atoms with Crippen LogP contribution in [0.25, 0.3) is 0 Å². The maximum atomic E-state index is 3.99. The minimum Gasteiger partial charge on any atom is -0.296 e. The van der Waals surface area contributed by atoms with Gasteiger partial charge in [-0.1, -0.05) is 19.4 Å². The van der Waals surface area contributed by atoms with Gasteiger partial charge in [0, 0.05) is 13.3 Å². The van der Waals surface area contributed by atoms with Gasteiger partial charge in [-0.2, -0.15) is 0 Å². The van der Waals surface area contributed by atoms with Crippen LogP contribution in [-0.2, 0) is 0 Å². The van der Waals surface area contributed by atoms with Gasteiger partial charge in [0.2, 0.25) is 0 Å². The highest BCUT2D eigenvalue weighted by atomic mass is 14.6. The minimum atomic E-state index is 0.688. The van der Waals surface area contributed by atoms with Crippen molar-refractivity contribution in [1.29, 1.82) is 0 Å². The number of aliphatic imine (C=N–C) groups is 1. The summed E-state index contributed by atoms with van der Waals surface area (Å²) in [5, 5.41) is 0. The van der Waals surface area contributed by atoms with Gasteiger partial charge in [0.1, 0.15) is 0 Å². The van der Waals surface area contributed by atoms with Crippen molar-refractivity contribution in [2.75, 3.05) is 7.05 Å². The van der Waals surface area contributed by atoms with Gasteiger partial charge in [-0.3, -0.25) is 4.99 Å². The largest absolute Gasteiger partial charge is 0.296 e. The molecule has 0 saturated heterocycles. The standard InChI is InChI=1S/C10H19N/c1-6-8(2)10(4)9(3)7-11-5/h7-8H,6H2,1-5H3/b10-9-,11-7-. The second kappa shape index (κ2) is 5.11. The van der Waals surface area contributed by atoms with Gasteiger partial charge in [-0.15, -0.1) is 0 Å². The van der Waals surface area contributed by atoms with Gasteiger partial charge >= 0.3 is 0 Å². The van der Waals surface area contributed by atoms with E-state index in [1.165, 1.54) is 17.6 Å². The summed E-state index contributed by atoms with van der Waals surface area (Å²) in [5.41, 5.74) is 2.76. The Kier molecular flexibility index (Phi) is 4.84. The van der Waals surface area contributed by atoms with Gasteiger partial charge in [0.25, 0.3) is 0 Å². The van der Waals surface area contributed by atoms with Crippen LogP contribution in [0.15, 0.2) is 16.1 Å². The van der Waals surface area contributed by atoms with Gasteiger partial charge in [-0.05, 0) is 31.8 Å². The molecule has 1 nitrogen and oxygen atoms in total. The molecule has 1 heteroatoms. The molecule has 0 radical (unpaired) electrons. The van der Waals surface area contributed by atoms with Crippen LogP contribution < -0.4 is 0 Å². The van der Waals surface area contributed by atoms with Crippen molar-refractivity contribution in [3.8, 4) is 0 Å². The lowest BCUT2D eigenvalue weighted by molar-refractivity contribution is 0.652. The van der Waals surface area contributed by atoms with E-state index in [0.717, 1.165) is 0 Å². The Morgan fingerprint density at radius 3 is 2.36 bits per heavy atom. The van der Waals surface area contributed by atoms with Crippen molar-refractivity contribution in [1.82, 2.24) is 0 Å². The third-order valence-electron chi connectivity index (χ3n) is 2.30. The quantitative estimate of drug-likeness (QED) is 0.552. The first-order chi connectivity index (χ1) is 5.13. The normalized spacial score (nSPS) is 16.8. The Morgan fingerprint density at radius 2 is 2.00 bits per heavy atom. The summed E-state index contributed by atoms with van der Waals surface area (Å²) < 4.78 is 0. The molecule has 0 fully saturated rings. The molecule has 0 aromatic rings. The molecule has 0 spiro atoms. The topological polar surface area (TPSA) is 12.4 Å². The molecule has 0 aliphatic rings. The van der Waals surface area contributed by atoms with Crippen molar-refractivity contribution in [2.24, 2.45) is 10.9 Å².